The molecule has 0 bridgehead atoms. The smallest absolute Gasteiger partial charge is 0.217 e. The van der Waals surface area contributed by atoms with Gasteiger partial charge in [0.2, 0.25) is 5.91 Å². The Morgan fingerprint density at radius 2 is 2.31 bits per heavy atom. The minimum Gasteiger partial charge on any atom is -0.394 e. The van der Waals surface area contributed by atoms with E-state index in [0.717, 1.165) is 0 Å². The van der Waals surface area contributed by atoms with Gasteiger partial charge in [-0.05, 0) is 0 Å². The predicted octanol–water partition coefficient (Wildman–Crippen LogP) is -1.97. The molecular weight excluding hydrogens is 222 g/mol. The summed E-state index contributed by atoms with van der Waals surface area (Å²) < 4.78 is 5.14. The van der Waals surface area contributed by atoms with Crippen molar-refractivity contribution >= 4 is 5.91 Å². The lowest BCUT2D eigenvalue weighted by molar-refractivity contribution is -0.520. The number of nitrogens with one attached hydrogen (secondary N) is 1. The van der Waals surface area contributed by atoms with Crippen LogP contribution in [0.25, 0.3) is 0 Å². The Hall–Kier alpha value is -0.770. The first-order chi connectivity index (χ1) is 7.60. The molecular formula is C8H15NO7. The summed E-state index contributed by atoms with van der Waals surface area (Å²) in [5.74, 6) is -0.334. The lowest BCUT2D eigenvalue weighted by atomic mass is 9.98. The molecule has 1 aliphatic rings. The van der Waals surface area contributed by atoms with Crippen LogP contribution in [0.1, 0.15) is 6.92 Å². The molecule has 1 aliphatic heterocycles. The van der Waals surface area contributed by atoms with Crippen molar-refractivity contribution in [2.75, 3.05) is 13.2 Å². The molecule has 0 aliphatic carbocycles. The number of aliphatic hydroxyl groups is 2. The highest BCUT2D eigenvalue weighted by atomic mass is 17.5. The lowest BCUT2D eigenvalue weighted by Crippen LogP contribution is -2.60. The Morgan fingerprint density at radius 1 is 1.62 bits per heavy atom. The highest BCUT2D eigenvalue weighted by molar-refractivity contribution is 5.73. The minimum atomic E-state index is -1.15. The molecule has 1 fully saturated rings. The first kappa shape index (κ1) is 13.3. The fraction of sp³-hybridized carbons (Fsp3) is 0.875. The van der Waals surface area contributed by atoms with Crippen molar-refractivity contribution in [2.24, 2.45) is 0 Å². The average Bonchev–Trinajstić information content (AvgIpc) is 2.24. The van der Waals surface area contributed by atoms with E-state index < -0.39 is 31.0 Å². The normalized spacial score (nSPS) is 34.8. The molecule has 1 rings (SSSR count). The zero-order valence-electron chi connectivity index (χ0n) is 8.70. The van der Waals surface area contributed by atoms with Gasteiger partial charge in [-0.25, -0.2) is 5.26 Å². The van der Waals surface area contributed by atoms with Gasteiger partial charge in [0.15, 0.2) is 6.10 Å². The third-order valence-corrected chi connectivity index (χ3v) is 2.33. The van der Waals surface area contributed by atoms with Gasteiger partial charge in [0.1, 0.15) is 12.2 Å². The molecule has 1 saturated heterocycles. The lowest BCUT2D eigenvalue weighted by Gasteiger charge is -2.37. The highest BCUT2D eigenvalue weighted by Gasteiger charge is 2.41. The molecule has 0 saturated carbocycles. The Kier molecular flexibility index (Phi) is 5.06. The first-order valence-corrected chi connectivity index (χ1v) is 4.74. The number of hydrogen-bond donors (Lipinski definition) is 4. The average molecular weight is 237 g/mol. The molecule has 0 aromatic rings. The third kappa shape index (κ3) is 3.11. The second-order valence-corrected chi connectivity index (χ2v) is 3.49. The monoisotopic (exact) mass is 237 g/mol. The van der Waals surface area contributed by atoms with E-state index in [0.29, 0.717) is 0 Å². The molecule has 8 nitrogen and oxygen atoms in total. The number of amides is 1. The summed E-state index contributed by atoms with van der Waals surface area (Å²) in [5.41, 5.74) is 0. The number of hydrogen-bond acceptors (Lipinski definition) is 7. The zero-order valence-corrected chi connectivity index (χ0v) is 8.70. The van der Waals surface area contributed by atoms with Crippen LogP contribution in [0, 0.1) is 0 Å². The van der Waals surface area contributed by atoms with Crippen LogP contribution in [0.2, 0.25) is 0 Å². The molecule has 16 heavy (non-hydrogen) atoms. The molecule has 1 amide bonds. The summed E-state index contributed by atoms with van der Waals surface area (Å²) in [6.07, 6.45) is -3.06. The van der Waals surface area contributed by atoms with Crippen LogP contribution in [-0.2, 0) is 19.5 Å². The van der Waals surface area contributed by atoms with Gasteiger partial charge in [-0.15, -0.1) is 0 Å². The third-order valence-electron chi connectivity index (χ3n) is 2.33. The highest BCUT2D eigenvalue weighted by Crippen LogP contribution is 2.18. The Bertz CT molecular complexity index is 236. The van der Waals surface area contributed by atoms with Gasteiger partial charge in [-0.3, -0.25) is 4.79 Å². The van der Waals surface area contributed by atoms with Gasteiger partial charge in [0.05, 0.1) is 19.3 Å². The van der Waals surface area contributed by atoms with Crippen LogP contribution in [-0.4, -0.2) is 58.9 Å². The van der Waals surface area contributed by atoms with Crippen LogP contribution < -0.4 is 5.32 Å². The molecule has 2 unspecified atom stereocenters. The number of rotatable bonds is 4. The second kappa shape index (κ2) is 6.09. The molecule has 4 atom stereocenters. The maximum atomic E-state index is 10.8. The van der Waals surface area contributed by atoms with E-state index in [9.17, 15) is 9.90 Å². The first-order valence-electron chi connectivity index (χ1n) is 4.74. The fourth-order valence-corrected chi connectivity index (χ4v) is 1.58. The number of carbonyl (C=O) groups excluding carboxylic acids is 1. The van der Waals surface area contributed by atoms with E-state index in [1.54, 1.807) is 0 Å². The van der Waals surface area contributed by atoms with Crippen LogP contribution in [0.3, 0.4) is 0 Å². The summed E-state index contributed by atoms with van der Waals surface area (Å²) in [6.45, 7) is 0.929. The standard InChI is InChI=1S/C8H15NO7/c1-4(11)9-5-3-14-6(2-10)8(7(5)12)15-16-13/h5-8,10,12-13H,2-3H2,1H3,(H,9,11)/t5?,6?,7-,8+/m1/s1. The number of carbonyl (C=O) groups is 1. The molecule has 0 aromatic carbocycles. The number of aliphatic hydroxyl groups excluding tert-OH is 2. The molecule has 0 aromatic heterocycles. The molecule has 94 valence electrons. The fourth-order valence-electron chi connectivity index (χ4n) is 1.58. The maximum absolute atomic E-state index is 10.8. The summed E-state index contributed by atoms with van der Waals surface area (Å²) in [6, 6.07) is -0.680. The topological polar surface area (TPSA) is 117 Å². The van der Waals surface area contributed by atoms with Gasteiger partial charge < -0.3 is 20.3 Å². The molecule has 0 spiro atoms. The van der Waals surface area contributed by atoms with Gasteiger partial charge >= 0.3 is 0 Å². The molecule has 4 N–H and O–H groups in total. The van der Waals surface area contributed by atoms with Crippen molar-refractivity contribution in [3.8, 4) is 0 Å². The van der Waals surface area contributed by atoms with E-state index in [1.165, 1.54) is 6.92 Å². The van der Waals surface area contributed by atoms with Gasteiger partial charge in [0.25, 0.3) is 0 Å². The minimum absolute atomic E-state index is 0.0390. The van der Waals surface area contributed by atoms with Crippen molar-refractivity contribution in [1.82, 2.24) is 5.32 Å². The Labute approximate surface area is 91.6 Å². The van der Waals surface area contributed by atoms with Crippen LogP contribution in [0.15, 0.2) is 0 Å². The van der Waals surface area contributed by atoms with Crippen molar-refractivity contribution in [3.05, 3.63) is 0 Å². The summed E-state index contributed by atoms with van der Waals surface area (Å²) in [7, 11) is 0. The van der Waals surface area contributed by atoms with Crippen molar-refractivity contribution < 1.29 is 34.9 Å². The van der Waals surface area contributed by atoms with Gasteiger partial charge in [-0.1, -0.05) is 5.04 Å². The van der Waals surface area contributed by atoms with Crippen LogP contribution >= 0.6 is 0 Å². The summed E-state index contributed by atoms with van der Waals surface area (Å²) >= 11 is 0. The maximum Gasteiger partial charge on any atom is 0.217 e. The van der Waals surface area contributed by atoms with Gasteiger partial charge in [-0.2, -0.15) is 4.89 Å². The quantitative estimate of drug-likeness (QED) is 0.331. The summed E-state index contributed by atoms with van der Waals surface area (Å²) in [5, 5.41) is 32.8. The van der Waals surface area contributed by atoms with E-state index in [2.05, 4.69) is 15.2 Å². The van der Waals surface area contributed by atoms with Crippen molar-refractivity contribution in [1.29, 1.82) is 0 Å². The van der Waals surface area contributed by atoms with Crippen LogP contribution in [0.5, 0.6) is 0 Å². The molecule has 0 radical (unpaired) electrons. The summed E-state index contributed by atoms with van der Waals surface area (Å²) in [4.78, 5) is 15.2. The number of ether oxygens (including phenoxy) is 1. The van der Waals surface area contributed by atoms with Crippen LogP contribution in [0.4, 0.5) is 0 Å². The van der Waals surface area contributed by atoms with E-state index in [1.807, 2.05) is 0 Å². The zero-order chi connectivity index (χ0) is 12.1. The predicted molar refractivity (Wildman–Crippen MR) is 49.0 cm³/mol. The SMILES string of the molecule is CC(=O)NC1COC(CO)[C@H](OOO)[C@@H]1O. The molecule has 1 heterocycles. The van der Waals surface area contributed by atoms with Gasteiger partial charge in [0, 0.05) is 6.92 Å². The van der Waals surface area contributed by atoms with E-state index in [4.69, 9.17) is 15.1 Å². The molecule has 8 heteroatoms. The van der Waals surface area contributed by atoms with Crippen molar-refractivity contribution in [2.45, 2.75) is 31.3 Å². The van der Waals surface area contributed by atoms with Crippen molar-refractivity contribution in [3.63, 3.8) is 0 Å². The van der Waals surface area contributed by atoms with E-state index >= 15 is 0 Å². The Balaban J connectivity index is 2.63. The Morgan fingerprint density at radius 3 is 2.81 bits per heavy atom. The second-order valence-electron chi connectivity index (χ2n) is 3.49. The van der Waals surface area contributed by atoms with E-state index in [-0.39, 0.29) is 12.5 Å². The largest absolute Gasteiger partial charge is 0.394 e.